The van der Waals surface area contributed by atoms with Crippen LogP contribution in [-0.2, 0) is 16.0 Å². The van der Waals surface area contributed by atoms with Gasteiger partial charge >= 0.3 is 5.97 Å². The van der Waals surface area contributed by atoms with E-state index in [1.54, 1.807) is 19.1 Å². The summed E-state index contributed by atoms with van der Waals surface area (Å²) in [6.45, 7) is 3.63. The summed E-state index contributed by atoms with van der Waals surface area (Å²) in [5, 5.41) is 20.8. The van der Waals surface area contributed by atoms with Crippen LogP contribution >= 0.6 is 0 Å². The number of hydrogen-bond donors (Lipinski definition) is 4. The highest BCUT2D eigenvalue weighted by Crippen LogP contribution is 2.12. The highest BCUT2D eigenvalue weighted by molar-refractivity contribution is 5.87. The van der Waals surface area contributed by atoms with Gasteiger partial charge in [-0.3, -0.25) is 4.79 Å². The number of aliphatic carboxylic acids is 1. The molecule has 1 aromatic carbocycles. The number of phenols is 1. The van der Waals surface area contributed by atoms with Gasteiger partial charge in [0.1, 0.15) is 11.8 Å². The van der Waals surface area contributed by atoms with Crippen molar-refractivity contribution in [3.63, 3.8) is 0 Å². The van der Waals surface area contributed by atoms with Gasteiger partial charge in [0.25, 0.3) is 0 Å². The number of phenolic OH excluding ortho intramolecular Hbond substituents is 1. The Morgan fingerprint density at radius 2 is 1.86 bits per heavy atom. The fourth-order valence-corrected chi connectivity index (χ4v) is 1.92. The van der Waals surface area contributed by atoms with Crippen molar-refractivity contribution >= 4 is 11.9 Å². The van der Waals surface area contributed by atoms with E-state index in [-0.39, 0.29) is 18.1 Å². The number of hydrogen-bond acceptors (Lipinski definition) is 4. The van der Waals surface area contributed by atoms with E-state index in [1.165, 1.54) is 12.1 Å². The van der Waals surface area contributed by atoms with Crippen LogP contribution in [0.25, 0.3) is 0 Å². The van der Waals surface area contributed by atoms with Gasteiger partial charge in [-0.2, -0.15) is 0 Å². The molecule has 0 radical (unpaired) electrons. The molecular weight excluding hydrogens is 272 g/mol. The van der Waals surface area contributed by atoms with Crippen molar-refractivity contribution in [2.45, 2.75) is 38.8 Å². The van der Waals surface area contributed by atoms with E-state index in [1.807, 2.05) is 6.92 Å². The largest absolute Gasteiger partial charge is 0.508 e. The quantitative estimate of drug-likeness (QED) is 0.596. The minimum Gasteiger partial charge on any atom is -0.508 e. The molecule has 0 saturated heterocycles. The zero-order valence-electron chi connectivity index (χ0n) is 12.2. The van der Waals surface area contributed by atoms with Crippen molar-refractivity contribution < 1.29 is 19.8 Å². The molecule has 1 aromatic rings. The molecule has 5 N–H and O–H groups in total. The molecule has 0 saturated carbocycles. The lowest BCUT2D eigenvalue weighted by atomic mass is 9.98. The number of rotatable bonds is 7. The third-order valence-electron chi connectivity index (χ3n) is 3.51. The van der Waals surface area contributed by atoms with Gasteiger partial charge < -0.3 is 21.3 Å². The van der Waals surface area contributed by atoms with Crippen molar-refractivity contribution in [2.24, 2.45) is 11.7 Å². The van der Waals surface area contributed by atoms with Gasteiger partial charge in [-0.25, -0.2) is 4.79 Å². The SMILES string of the molecule is CCC(C)[C@@H](NC(=O)[C@H](N)Cc1ccc(O)cc1)C(=O)O. The van der Waals surface area contributed by atoms with Gasteiger partial charge in [0.05, 0.1) is 6.04 Å². The number of carbonyl (C=O) groups is 2. The van der Waals surface area contributed by atoms with Gasteiger partial charge in [0, 0.05) is 0 Å². The molecule has 0 fully saturated rings. The normalized spacial score (nSPS) is 15.0. The van der Waals surface area contributed by atoms with Gasteiger partial charge in [-0.1, -0.05) is 32.4 Å². The number of aromatic hydroxyl groups is 1. The number of nitrogens with one attached hydrogen (secondary N) is 1. The molecule has 0 spiro atoms. The van der Waals surface area contributed by atoms with Crippen LogP contribution in [-0.4, -0.2) is 34.2 Å². The van der Waals surface area contributed by atoms with Crippen molar-refractivity contribution in [1.29, 1.82) is 0 Å². The van der Waals surface area contributed by atoms with Gasteiger partial charge in [-0.15, -0.1) is 0 Å². The second-order valence-corrected chi connectivity index (χ2v) is 5.19. The first kappa shape index (κ1) is 17.0. The van der Waals surface area contributed by atoms with Gasteiger partial charge in [0.15, 0.2) is 0 Å². The third-order valence-corrected chi connectivity index (χ3v) is 3.51. The predicted octanol–water partition coefficient (Wildman–Crippen LogP) is 0.877. The number of benzene rings is 1. The Labute approximate surface area is 124 Å². The molecule has 0 aliphatic rings. The first-order chi connectivity index (χ1) is 9.85. The number of carboxylic acid groups (broad SMARTS) is 1. The number of carbonyl (C=O) groups excluding carboxylic acids is 1. The fraction of sp³-hybridized carbons (Fsp3) is 0.467. The molecule has 3 atom stereocenters. The van der Waals surface area contributed by atoms with Crippen LogP contribution in [0.15, 0.2) is 24.3 Å². The van der Waals surface area contributed by atoms with Crippen LogP contribution < -0.4 is 11.1 Å². The van der Waals surface area contributed by atoms with Crippen LogP contribution in [0.5, 0.6) is 5.75 Å². The maximum absolute atomic E-state index is 12.0. The fourth-order valence-electron chi connectivity index (χ4n) is 1.92. The van der Waals surface area contributed by atoms with E-state index >= 15 is 0 Å². The second-order valence-electron chi connectivity index (χ2n) is 5.19. The lowest BCUT2D eigenvalue weighted by molar-refractivity contribution is -0.143. The minimum atomic E-state index is -1.06. The Morgan fingerprint density at radius 1 is 1.29 bits per heavy atom. The highest BCUT2D eigenvalue weighted by atomic mass is 16.4. The summed E-state index contributed by atoms with van der Waals surface area (Å²) in [6.07, 6.45) is 0.920. The van der Waals surface area contributed by atoms with Crippen LogP contribution in [0.4, 0.5) is 0 Å². The van der Waals surface area contributed by atoms with E-state index < -0.39 is 24.0 Å². The maximum atomic E-state index is 12.0. The molecule has 1 rings (SSSR count). The van der Waals surface area contributed by atoms with Gasteiger partial charge in [-0.05, 0) is 30.0 Å². The summed E-state index contributed by atoms with van der Waals surface area (Å²) in [4.78, 5) is 23.2. The Balaban J connectivity index is 2.64. The lowest BCUT2D eigenvalue weighted by Crippen LogP contribution is -2.51. The molecule has 0 heterocycles. The monoisotopic (exact) mass is 294 g/mol. The average Bonchev–Trinajstić information content (AvgIpc) is 2.45. The second kappa shape index (κ2) is 7.64. The average molecular weight is 294 g/mol. The van der Waals surface area contributed by atoms with E-state index in [0.29, 0.717) is 6.42 Å². The van der Waals surface area contributed by atoms with Crippen molar-refractivity contribution in [3.8, 4) is 5.75 Å². The molecule has 0 aliphatic carbocycles. The zero-order chi connectivity index (χ0) is 16.0. The van der Waals surface area contributed by atoms with E-state index in [9.17, 15) is 14.7 Å². The first-order valence-electron chi connectivity index (χ1n) is 6.91. The summed E-state index contributed by atoms with van der Waals surface area (Å²) in [5.74, 6) is -1.59. The maximum Gasteiger partial charge on any atom is 0.326 e. The van der Waals surface area contributed by atoms with E-state index in [4.69, 9.17) is 10.8 Å². The van der Waals surface area contributed by atoms with Crippen molar-refractivity contribution in [2.75, 3.05) is 0 Å². The molecule has 1 unspecified atom stereocenters. The standard InChI is InChI=1S/C15H22N2O4/c1-3-9(2)13(15(20)21)17-14(19)12(16)8-10-4-6-11(18)7-5-10/h4-7,9,12-13,18H,3,8,16H2,1-2H3,(H,17,19)(H,20,21)/t9?,12-,13-/m1/s1. The topological polar surface area (TPSA) is 113 Å². The molecule has 0 aromatic heterocycles. The Bertz CT molecular complexity index is 487. The van der Waals surface area contributed by atoms with Crippen molar-refractivity contribution in [1.82, 2.24) is 5.32 Å². The zero-order valence-corrected chi connectivity index (χ0v) is 12.2. The van der Waals surface area contributed by atoms with Gasteiger partial charge in [0.2, 0.25) is 5.91 Å². The summed E-state index contributed by atoms with van der Waals surface area (Å²) in [6, 6.07) is 4.60. The Morgan fingerprint density at radius 3 is 2.33 bits per heavy atom. The highest BCUT2D eigenvalue weighted by Gasteiger charge is 2.27. The summed E-state index contributed by atoms with van der Waals surface area (Å²) in [5.41, 5.74) is 6.61. The minimum absolute atomic E-state index is 0.138. The number of nitrogens with two attached hydrogens (primary N) is 1. The molecule has 21 heavy (non-hydrogen) atoms. The summed E-state index contributed by atoms with van der Waals surface area (Å²) in [7, 11) is 0. The summed E-state index contributed by atoms with van der Waals surface area (Å²) >= 11 is 0. The van der Waals surface area contributed by atoms with Crippen LogP contribution in [0.2, 0.25) is 0 Å². The Kier molecular flexibility index (Phi) is 6.17. The van der Waals surface area contributed by atoms with Crippen LogP contribution in [0, 0.1) is 5.92 Å². The number of amides is 1. The first-order valence-corrected chi connectivity index (χ1v) is 6.91. The Hall–Kier alpha value is -2.08. The van der Waals surface area contributed by atoms with E-state index in [0.717, 1.165) is 5.56 Å². The molecule has 1 amide bonds. The van der Waals surface area contributed by atoms with Crippen LogP contribution in [0.1, 0.15) is 25.8 Å². The van der Waals surface area contributed by atoms with Crippen molar-refractivity contribution in [3.05, 3.63) is 29.8 Å². The molecule has 0 aliphatic heterocycles. The lowest BCUT2D eigenvalue weighted by Gasteiger charge is -2.22. The molecule has 116 valence electrons. The molecule has 0 bridgehead atoms. The molecular formula is C15H22N2O4. The molecule has 6 heteroatoms. The van der Waals surface area contributed by atoms with Crippen LogP contribution in [0.3, 0.4) is 0 Å². The molecule has 6 nitrogen and oxygen atoms in total. The summed E-state index contributed by atoms with van der Waals surface area (Å²) < 4.78 is 0. The third kappa shape index (κ3) is 5.07. The van der Waals surface area contributed by atoms with E-state index in [2.05, 4.69) is 5.32 Å². The smallest absolute Gasteiger partial charge is 0.326 e. The number of carboxylic acids is 1. The predicted molar refractivity (Wildman–Crippen MR) is 78.8 cm³/mol.